The second-order valence-electron chi connectivity index (χ2n) is 7.00. The SMILES string of the molecule is COc1ccc(/C=N\NC(=O)CN(c2cccc([N+](=O)[O-])c2)S(=O)(=O)c2ccccc2)c(OC)c1. The minimum atomic E-state index is -4.22. The fourth-order valence-corrected chi connectivity index (χ4v) is 4.50. The van der Waals surface area contributed by atoms with Crippen LogP contribution < -0.4 is 19.2 Å². The zero-order chi connectivity index (χ0) is 25.4. The number of anilines is 1. The number of carbonyl (C=O) groups is 1. The van der Waals surface area contributed by atoms with Crippen molar-refractivity contribution in [2.45, 2.75) is 4.90 Å². The van der Waals surface area contributed by atoms with E-state index in [1.165, 1.54) is 62.9 Å². The topological polar surface area (TPSA) is 140 Å². The zero-order valence-corrected chi connectivity index (χ0v) is 19.6. The number of hydrogen-bond donors (Lipinski definition) is 1. The van der Waals surface area contributed by atoms with Crippen LogP contribution in [0.1, 0.15) is 5.56 Å². The first-order chi connectivity index (χ1) is 16.8. The van der Waals surface area contributed by atoms with Crippen LogP contribution in [0.25, 0.3) is 0 Å². The molecule has 0 fully saturated rings. The third-order valence-corrected chi connectivity index (χ3v) is 6.57. The van der Waals surface area contributed by atoms with Crippen molar-refractivity contribution in [1.82, 2.24) is 5.43 Å². The maximum atomic E-state index is 13.3. The van der Waals surface area contributed by atoms with Crippen molar-refractivity contribution in [3.63, 3.8) is 0 Å². The quantitative estimate of drug-likeness (QED) is 0.257. The number of methoxy groups -OCH3 is 2. The minimum absolute atomic E-state index is 0.0426. The van der Waals surface area contributed by atoms with Crippen LogP contribution in [-0.2, 0) is 14.8 Å². The summed E-state index contributed by atoms with van der Waals surface area (Å²) in [7, 11) is -1.24. The molecule has 0 spiro atoms. The second kappa shape index (κ2) is 11.1. The van der Waals surface area contributed by atoms with Crippen LogP contribution in [0.4, 0.5) is 11.4 Å². The zero-order valence-electron chi connectivity index (χ0n) is 18.8. The van der Waals surface area contributed by atoms with Crippen LogP contribution in [0, 0.1) is 10.1 Å². The smallest absolute Gasteiger partial charge is 0.271 e. The van der Waals surface area contributed by atoms with Gasteiger partial charge in [-0.15, -0.1) is 0 Å². The van der Waals surface area contributed by atoms with E-state index in [0.717, 1.165) is 10.4 Å². The predicted octanol–water partition coefficient (Wildman–Crippen LogP) is 2.96. The number of nitro groups is 1. The number of nitrogens with one attached hydrogen (secondary N) is 1. The molecule has 3 aromatic rings. The van der Waals surface area contributed by atoms with Gasteiger partial charge in [0, 0.05) is 23.8 Å². The Kier molecular flexibility index (Phi) is 8.00. The van der Waals surface area contributed by atoms with Gasteiger partial charge in [0.15, 0.2) is 0 Å². The number of benzene rings is 3. The maximum Gasteiger partial charge on any atom is 0.271 e. The summed E-state index contributed by atoms with van der Waals surface area (Å²) < 4.78 is 37.8. The molecule has 3 aromatic carbocycles. The van der Waals surface area contributed by atoms with Crippen molar-refractivity contribution in [3.8, 4) is 11.5 Å². The van der Waals surface area contributed by atoms with Gasteiger partial charge in [0.2, 0.25) is 0 Å². The van der Waals surface area contributed by atoms with Crippen LogP contribution in [0.3, 0.4) is 0 Å². The Hall–Kier alpha value is -4.45. The number of ether oxygens (including phenoxy) is 2. The number of hydrazone groups is 1. The lowest BCUT2D eigenvalue weighted by atomic mass is 10.2. The Morgan fingerprint density at radius 3 is 2.46 bits per heavy atom. The standard InChI is InChI=1S/C23H22N4O7S/c1-33-20-12-11-17(22(14-20)34-2)15-24-25-23(28)16-26(18-7-6-8-19(13-18)27(29)30)35(31,32)21-9-4-3-5-10-21/h3-15H,16H2,1-2H3,(H,25,28)/b24-15-. The highest BCUT2D eigenvalue weighted by atomic mass is 32.2. The number of nitrogens with zero attached hydrogens (tertiary/aromatic N) is 3. The Morgan fingerprint density at radius 1 is 1.06 bits per heavy atom. The minimum Gasteiger partial charge on any atom is -0.497 e. The predicted molar refractivity (Wildman–Crippen MR) is 129 cm³/mol. The molecule has 3 rings (SSSR count). The lowest BCUT2D eigenvalue weighted by Crippen LogP contribution is -2.39. The first-order valence-corrected chi connectivity index (χ1v) is 11.6. The van der Waals surface area contributed by atoms with Crippen LogP contribution in [0.2, 0.25) is 0 Å². The molecule has 0 saturated heterocycles. The third-order valence-electron chi connectivity index (χ3n) is 4.78. The van der Waals surface area contributed by atoms with Gasteiger partial charge < -0.3 is 9.47 Å². The van der Waals surface area contributed by atoms with Gasteiger partial charge in [-0.1, -0.05) is 24.3 Å². The Balaban J connectivity index is 1.87. The number of rotatable bonds is 10. The number of nitro benzene ring substituents is 1. The van der Waals surface area contributed by atoms with Crippen LogP contribution >= 0.6 is 0 Å². The van der Waals surface area contributed by atoms with Crippen molar-refractivity contribution in [3.05, 3.63) is 88.5 Å². The summed E-state index contributed by atoms with van der Waals surface area (Å²) in [5, 5.41) is 15.1. The van der Waals surface area contributed by atoms with E-state index in [1.54, 1.807) is 24.3 Å². The highest BCUT2D eigenvalue weighted by Gasteiger charge is 2.28. The van der Waals surface area contributed by atoms with Crippen LogP contribution in [-0.4, -0.2) is 46.2 Å². The number of hydrogen-bond acceptors (Lipinski definition) is 8. The molecule has 0 aliphatic heterocycles. The normalized spacial score (nSPS) is 11.1. The number of non-ortho nitro benzene ring substituents is 1. The lowest BCUT2D eigenvalue weighted by molar-refractivity contribution is -0.384. The van der Waals surface area contributed by atoms with E-state index < -0.39 is 27.4 Å². The van der Waals surface area contributed by atoms with Gasteiger partial charge in [-0.2, -0.15) is 5.10 Å². The van der Waals surface area contributed by atoms with E-state index >= 15 is 0 Å². The van der Waals surface area contributed by atoms with Gasteiger partial charge in [-0.25, -0.2) is 13.8 Å². The van der Waals surface area contributed by atoms with Gasteiger partial charge in [-0.05, 0) is 30.3 Å². The Labute approximate surface area is 201 Å². The van der Waals surface area contributed by atoms with Crippen molar-refractivity contribution in [2.75, 3.05) is 25.1 Å². The molecule has 0 aliphatic rings. The molecule has 1 N–H and O–H groups in total. The average Bonchev–Trinajstić information content (AvgIpc) is 2.87. The molecule has 12 heteroatoms. The summed E-state index contributed by atoms with van der Waals surface area (Å²) in [5.74, 6) is 0.258. The van der Waals surface area contributed by atoms with Crippen molar-refractivity contribution in [1.29, 1.82) is 0 Å². The highest BCUT2D eigenvalue weighted by molar-refractivity contribution is 7.92. The lowest BCUT2D eigenvalue weighted by Gasteiger charge is -2.23. The maximum absolute atomic E-state index is 13.3. The molecule has 11 nitrogen and oxygen atoms in total. The van der Waals surface area contributed by atoms with Crippen LogP contribution in [0.15, 0.2) is 82.8 Å². The largest absolute Gasteiger partial charge is 0.497 e. The summed E-state index contributed by atoms with van der Waals surface area (Å²) in [5.41, 5.74) is 2.46. The first-order valence-electron chi connectivity index (χ1n) is 10.1. The van der Waals surface area contributed by atoms with Crippen molar-refractivity contribution in [2.24, 2.45) is 5.10 Å². The molecule has 0 unspecified atom stereocenters. The van der Waals surface area contributed by atoms with E-state index in [2.05, 4.69) is 10.5 Å². The summed E-state index contributed by atoms with van der Waals surface area (Å²) in [6.45, 7) is -0.671. The molecule has 0 bridgehead atoms. The van der Waals surface area contributed by atoms with Crippen LogP contribution in [0.5, 0.6) is 11.5 Å². The van der Waals surface area contributed by atoms with Gasteiger partial charge in [0.05, 0.1) is 35.9 Å². The summed E-state index contributed by atoms with van der Waals surface area (Å²) >= 11 is 0. The molecule has 35 heavy (non-hydrogen) atoms. The van der Waals surface area contributed by atoms with E-state index in [4.69, 9.17) is 9.47 Å². The average molecular weight is 499 g/mol. The van der Waals surface area contributed by atoms with Gasteiger partial charge >= 0.3 is 0 Å². The Bertz CT molecular complexity index is 1340. The molecule has 0 aromatic heterocycles. The monoisotopic (exact) mass is 498 g/mol. The highest BCUT2D eigenvalue weighted by Crippen LogP contribution is 2.27. The molecule has 0 heterocycles. The summed E-state index contributed by atoms with van der Waals surface area (Å²) in [4.78, 5) is 23.1. The van der Waals surface area contributed by atoms with E-state index in [9.17, 15) is 23.3 Å². The second-order valence-corrected chi connectivity index (χ2v) is 8.87. The molecule has 182 valence electrons. The number of carbonyl (C=O) groups excluding carboxylic acids is 1. The molecule has 0 saturated carbocycles. The number of amides is 1. The van der Waals surface area contributed by atoms with Crippen molar-refractivity contribution < 1.29 is 27.6 Å². The van der Waals surface area contributed by atoms with E-state index in [0.29, 0.717) is 17.1 Å². The molecule has 0 atom stereocenters. The molecule has 1 amide bonds. The van der Waals surface area contributed by atoms with E-state index in [-0.39, 0.29) is 16.3 Å². The number of sulfonamides is 1. The fourth-order valence-electron chi connectivity index (χ4n) is 3.06. The molecule has 0 aliphatic carbocycles. The molecular formula is C23H22N4O7S. The summed E-state index contributed by atoms with van der Waals surface area (Å²) in [6, 6.07) is 17.4. The van der Waals surface area contributed by atoms with Gasteiger partial charge in [0.25, 0.3) is 21.6 Å². The van der Waals surface area contributed by atoms with Gasteiger partial charge in [-0.3, -0.25) is 19.2 Å². The third kappa shape index (κ3) is 6.12. The first kappa shape index (κ1) is 25.2. The van der Waals surface area contributed by atoms with Gasteiger partial charge in [0.1, 0.15) is 18.0 Å². The molecule has 0 radical (unpaired) electrons. The van der Waals surface area contributed by atoms with E-state index in [1.807, 2.05) is 0 Å². The fraction of sp³-hybridized carbons (Fsp3) is 0.130. The summed E-state index contributed by atoms with van der Waals surface area (Å²) in [6.07, 6.45) is 1.33. The van der Waals surface area contributed by atoms with Crippen molar-refractivity contribution >= 4 is 33.5 Å². The molecular weight excluding hydrogens is 476 g/mol. The Morgan fingerprint density at radius 2 is 1.80 bits per heavy atom.